The van der Waals surface area contributed by atoms with E-state index in [9.17, 15) is 9.59 Å². The van der Waals surface area contributed by atoms with Crippen molar-refractivity contribution in [1.29, 1.82) is 0 Å². The molecule has 2 aromatic rings. The van der Waals surface area contributed by atoms with Gasteiger partial charge in [-0.05, 0) is 77.5 Å². The molecular weight excluding hydrogens is 492 g/mol. The SMILES string of the molecule is CCc1ccc(OCC(=O)N(Cc2ccc(Cl)cc2)[C@H](CC)C(=O)N[C@@H](C)CC)c(Br)c1. The predicted molar refractivity (Wildman–Crippen MR) is 133 cm³/mol. The van der Waals surface area contributed by atoms with Crippen LogP contribution in [0.2, 0.25) is 5.02 Å². The highest BCUT2D eigenvalue weighted by molar-refractivity contribution is 9.10. The molecule has 174 valence electrons. The number of carbonyl (C=O) groups is 2. The average Bonchev–Trinajstić information content (AvgIpc) is 2.78. The number of amides is 2. The second-order valence-electron chi connectivity index (χ2n) is 7.80. The number of nitrogens with one attached hydrogen (secondary N) is 1. The van der Waals surface area contributed by atoms with E-state index in [-0.39, 0.29) is 24.5 Å². The molecule has 0 bridgehead atoms. The molecule has 2 atom stereocenters. The van der Waals surface area contributed by atoms with Crippen LogP contribution in [0.1, 0.15) is 51.7 Å². The van der Waals surface area contributed by atoms with Crippen LogP contribution in [0, 0.1) is 0 Å². The molecule has 0 heterocycles. The molecule has 0 unspecified atom stereocenters. The molecule has 0 aliphatic rings. The van der Waals surface area contributed by atoms with Gasteiger partial charge in [-0.15, -0.1) is 0 Å². The van der Waals surface area contributed by atoms with E-state index < -0.39 is 6.04 Å². The molecule has 5 nitrogen and oxygen atoms in total. The number of hydrogen-bond donors (Lipinski definition) is 1. The van der Waals surface area contributed by atoms with Crippen LogP contribution in [0.3, 0.4) is 0 Å². The Kier molecular flexibility index (Phi) is 10.5. The summed E-state index contributed by atoms with van der Waals surface area (Å²) in [6, 6.07) is 12.5. The number of aryl methyl sites for hydroxylation is 1. The molecule has 7 heteroatoms. The highest BCUT2D eigenvalue weighted by atomic mass is 79.9. The summed E-state index contributed by atoms with van der Waals surface area (Å²) in [5.74, 6) is 0.189. The van der Waals surface area contributed by atoms with Gasteiger partial charge in [-0.1, -0.05) is 50.6 Å². The highest BCUT2D eigenvalue weighted by Crippen LogP contribution is 2.26. The first-order chi connectivity index (χ1) is 15.3. The fraction of sp³-hybridized carbons (Fsp3) is 0.440. The lowest BCUT2D eigenvalue weighted by Crippen LogP contribution is -2.51. The minimum Gasteiger partial charge on any atom is -0.483 e. The first-order valence-electron chi connectivity index (χ1n) is 11.0. The number of hydrogen-bond acceptors (Lipinski definition) is 3. The molecular formula is C25H32BrClN2O3. The van der Waals surface area contributed by atoms with Gasteiger partial charge >= 0.3 is 0 Å². The number of benzene rings is 2. The standard InChI is InChI=1S/C25H32BrClN2O3/c1-5-17(4)28-25(31)22(7-3)29(15-19-8-11-20(27)12-9-19)24(30)16-32-23-13-10-18(6-2)14-21(23)26/h8-14,17,22H,5-7,15-16H2,1-4H3,(H,28,31)/t17-,22+/m0/s1. The van der Waals surface area contributed by atoms with Gasteiger partial charge in [0.05, 0.1) is 4.47 Å². The first-order valence-corrected chi connectivity index (χ1v) is 12.2. The van der Waals surface area contributed by atoms with Crippen LogP contribution in [0.25, 0.3) is 0 Å². The van der Waals surface area contributed by atoms with Gasteiger partial charge in [-0.2, -0.15) is 0 Å². The molecule has 0 aliphatic carbocycles. The Morgan fingerprint density at radius 1 is 1.06 bits per heavy atom. The van der Waals surface area contributed by atoms with Crippen LogP contribution >= 0.6 is 27.5 Å². The van der Waals surface area contributed by atoms with Gasteiger partial charge < -0.3 is 15.0 Å². The molecule has 0 saturated carbocycles. The van der Waals surface area contributed by atoms with E-state index in [4.69, 9.17) is 16.3 Å². The topological polar surface area (TPSA) is 58.6 Å². The van der Waals surface area contributed by atoms with Crippen LogP contribution in [-0.4, -0.2) is 35.4 Å². The maximum Gasteiger partial charge on any atom is 0.261 e. The minimum atomic E-state index is -0.596. The third kappa shape index (κ3) is 7.52. The van der Waals surface area contributed by atoms with Crippen molar-refractivity contribution in [2.24, 2.45) is 0 Å². The summed E-state index contributed by atoms with van der Waals surface area (Å²) in [5, 5.41) is 3.63. The molecule has 2 aromatic carbocycles. The molecule has 0 radical (unpaired) electrons. The van der Waals surface area contributed by atoms with Crippen LogP contribution in [0.15, 0.2) is 46.9 Å². The summed E-state index contributed by atoms with van der Waals surface area (Å²) in [6.45, 7) is 8.08. The smallest absolute Gasteiger partial charge is 0.261 e. The van der Waals surface area contributed by atoms with Crippen LogP contribution in [0.5, 0.6) is 5.75 Å². The summed E-state index contributed by atoms with van der Waals surface area (Å²) in [5.41, 5.74) is 2.07. The van der Waals surface area contributed by atoms with E-state index in [1.54, 1.807) is 17.0 Å². The Bertz CT molecular complexity index is 905. The zero-order chi connectivity index (χ0) is 23.7. The number of nitrogens with zero attached hydrogens (tertiary/aromatic N) is 1. The normalized spacial score (nSPS) is 12.7. The molecule has 2 amide bonds. The van der Waals surface area contributed by atoms with E-state index in [0.29, 0.717) is 23.7 Å². The largest absolute Gasteiger partial charge is 0.483 e. The number of ether oxygens (including phenoxy) is 1. The van der Waals surface area contributed by atoms with E-state index in [1.165, 1.54) is 5.56 Å². The Labute approximate surface area is 204 Å². The molecule has 0 aromatic heterocycles. The van der Waals surface area contributed by atoms with Gasteiger partial charge in [0.25, 0.3) is 5.91 Å². The van der Waals surface area contributed by atoms with Gasteiger partial charge in [0.15, 0.2) is 6.61 Å². The van der Waals surface area contributed by atoms with Gasteiger partial charge in [0, 0.05) is 17.6 Å². The monoisotopic (exact) mass is 522 g/mol. The zero-order valence-electron chi connectivity index (χ0n) is 19.2. The van der Waals surface area contributed by atoms with E-state index in [1.807, 2.05) is 51.1 Å². The van der Waals surface area contributed by atoms with E-state index in [0.717, 1.165) is 22.9 Å². The van der Waals surface area contributed by atoms with Crippen LogP contribution in [-0.2, 0) is 22.6 Å². The van der Waals surface area contributed by atoms with Crippen molar-refractivity contribution in [3.8, 4) is 5.75 Å². The lowest BCUT2D eigenvalue weighted by molar-refractivity contribution is -0.143. The molecule has 0 saturated heterocycles. The lowest BCUT2D eigenvalue weighted by Gasteiger charge is -2.31. The van der Waals surface area contributed by atoms with Crippen molar-refractivity contribution in [2.75, 3.05) is 6.61 Å². The van der Waals surface area contributed by atoms with Crippen molar-refractivity contribution >= 4 is 39.3 Å². The highest BCUT2D eigenvalue weighted by Gasteiger charge is 2.29. The number of carbonyl (C=O) groups excluding carboxylic acids is 2. The minimum absolute atomic E-state index is 0.0355. The Morgan fingerprint density at radius 2 is 1.72 bits per heavy atom. The third-order valence-corrected chi connectivity index (χ3v) is 6.28. The molecule has 1 N–H and O–H groups in total. The van der Waals surface area contributed by atoms with Gasteiger partial charge in [-0.3, -0.25) is 9.59 Å². The van der Waals surface area contributed by atoms with Gasteiger partial charge in [0.2, 0.25) is 5.91 Å². The van der Waals surface area contributed by atoms with Crippen LogP contribution < -0.4 is 10.1 Å². The fourth-order valence-electron chi connectivity index (χ4n) is 3.25. The molecule has 0 aliphatic heterocycles. The van der Waals surface area contributed by atoms with Gasteiger partial charge in [-0.25, -0.2) is 0 Å². The van der Waals surface area contributed by atoms with Crippen LogP contribution in [0.4, 0.5) is 0 Å². The average molecular weight is 524 g/mol. The summed E-state index contributed by atoms with van der Waals surface area (Å²) in [6.07, 6.45) is 2.23. The molecule has 32 heavy (non-hydrogen) atoms. The summed E-state index contributed by atoms with van der Waals surface area (Å²) in [4.78, 5) is 27.8. The lowest BCUT2D eigenvalue weighted by atomic mass is 10.1. The first kappa shape index (κ1) is 26.2. The quantitative estimate of drug-likeness (QED) is 0.407. The van der Waals surface area contributed by atoms with Crippen molar-refractivity contribution in [3.05, 3.63) is 63.1 Å². The van der Waals surface area contributed by atoms with Crippen molar-refractivity contribution < 1.29 is 14.3 Å². The molecule has 0 spiro atoms. The Hall–Kier alpha value is -2.05. The summed E-state index contributed by atoms with van der Waals surface area (Å²) < 4.78 is 6.62. The van der Waals surface area contributed by atoms with Crippen molar-refractivity contribution in [2.45, 2.75) is 65.6 Å². The zero-order valence-corrected chi connectivity index (χ0v) is 21.5. The number of halogens is 2. The van der Waals surface area contributed by atoms with Gasteiger partial charge in [0.1, 0.15) is 11.8 Å². The summed E-state index contributed by atoms with van der Waals surface area (Å²) >= 11 is 9.52. The Balaban J connectivity index is 2.22. The number of rotatable bonds is 11. The Morgan fingerprint density at radius 3 is 2.28 bits per heavy atom. The predicted octanol–water partition coefficient (Wildman–Crippen LogP) is 5.77. The van der Waals surface area contributed by atoms with Crippen molar-refractivity contribution in [1.82, 2.24) is 10.2 Å². The second-order valence-corrected chi connectivity index (χ2v) is 9.09. The maximum atomic E-state index is 13.3. The maximum absolute atomic E-state index is 13.3. The van der Waals surface area contributed by atoms with Crippen molar-refractivity contribution in [3.63, 3.8) is 0 Å². The fourth-order valence-corrected chi connectivity index (χ4v) is 3.92. The van der Waals surface area contributed by atoms with E-state index in [2.05, 4.69) is 28.2 Å². The third-order valence-electron chi connectivity index (χ3n) is 5.41. The molecule has 0 fully saturated rings. The van der Waals surface area contributed by atoms with E-state index >= 15 is 0 Å². The second kappa shape index (κ2) is 12.9. The molecule has 2 rings (SSSR count). The summed E-state index contributed by atoms with van der Waals surface area (Å²) in [7, 11) is 0.